The van der Waals surface area contributed by atoms with Crippen molar-refractivity contribution in [3.8, 4) is 0 Å². The van der Waals surface area contributed by atoms with Gasteiger partial charge in [-0.05, 0) is 33.1 Å². The van der Waals surface area contributed by atoms with Gasteiger partial charge in [-0.25, -0.2) is 4.98 Å². The molecule has 0 bridgehead atoms. The minimum absolute atomic E-state index is 0.116. The molecule has 1 amide bonds. The molecule has 2 fully saturated rings. The number of aromatic nitrogens is 2. The van der Waals surface area contributed by atoms with E-state index in [1.54, 1.807) is 0 Å². The first-order valence-electron chi connectivity index (χ1n) is 8.87. The largest absolute Gasteiger partial charge is 0.340 e. The van der Waals surface area contributed by atoms with Crippen LogP contribution < -0.4 is 10.5 Å². The maximum atomic E-state index is 12.5. The first kappa shape index (κ1) is 17.0. The Kier molecular flexibility index (Phi) is 5.18. The lowest BCUT2D eigenvalue weighted by molar-refractivity contribution is -0.135. The molecule has 1 atom stereocenters. The SMILES string of the molecule is Cc1cc(=O)[nH]c(N2CCN(CC(=O)N3CCCCC3C)CC2)n1. The summed E-state index contributed by atoms with van der Waals surface area (Å²) in [5.74, 6) is 0.883. The fourth-order valence-corrected chi connectivity index (χ4v) is 3.58. The number of aromatic amines is 1. The number of piperidine rings is 1. The zero-order valence-corrected chi connectivity index (χ0v) is 14.6. The van der Waals surface area contributed by atoms with Crippen molar-refractivity contribution in [1.82, 2.24) is 19.8 Å². The van der Waals surface area contributed by atoms with Crippen molar-refractivity contribution in [2.45, 2.75) is 39.2 Å². The third-order valence-electron chi connectivity index (χ3n) is 5.01. The van der Waals surface area contributed by atoms with Crippen LogP contribution in [0, 0.1) is 6.92 Å². The monoisotopic (exact) mass is 333 g/mol. The van der Waals surface area contributed by atoms with Gasteiger partial charge in [0.1, 0.15) is 0 Å². The number of hydrogen-bond donors (Lipinski definition) is 1. The number of piperazine rings is 1. The average Bonchev–Trinajstić information content (AvgIpc) is 2.55. The van der Waals surface area contributed by atoms with Crippen LogP contribution in [-0.2, 0) is 4.79 Å². The predicted octanol–water partition coefficient (Wildman–Crippen LogP) is 0.601. The fraction of sp³-hybridized carbons (Fsp3) is 0.706. The molecule has 3 rings (SSSR count). The minimum Gasteiger partial charge on any atom is -0.340 e. The predicted molar refractivity (Wildman–Crippen MR) is 93.3 cm³/mol. The summed E-state index contributed by atoms with van der Waals surface area (Å²) in [6.07, 6.45) is 3.47. The lowest BCUT2D eigenvalue weighted by Crippen LogP contribution is -2.52. The van der Waals surface area contributed by atoms with Crippen molar-refractivity contribution < 1.29 is 4.79 Å². The van der Waals surface area contributed by atoms with Crippen LogP contribution in [0.5, 0.6) is 0 Å². The Balaban J connectivity index is 1.53. The zero-order valence-electron chi connectivity index (χ0n) is 14.6. The van der Waals surface area contributed by atoms with E-state index in [1.165, 1.54) is 12.5 Å². The van der Waals surface area contributed by atoms with E-state index in [1.807, 2.05) is 11.8 Å². The number of nitrogens with zero attached hydrogens (tertiary/aromatic N) is 4. The van der Waals surface area contributed by atoms with E-state index in [2.05, 4.69) is 26.7 Å². The lowest BCUT2D eigenvalue weighted by Gasteiger charge is -2.38. The van der Waals surface area contributed by atoms with Gasteiger partial charge in [-0.15, -0.1) is 0 Å². The molecule has 1 unspecified atom stereocenters. The summed E-state index contributed by atoms with van der Waals surface area (Å²) in [6.45, 7) is 8.54. The van der Waals surface area contributed by atoms with Gasteiger partial charge in [0.15, 0.2) is 0 Å². The molecule has 132 valence electrons. The number of carbonyl (C=O) groups excluding carboxylic acids is 1. The summed E-state index contributed by atoms with van der Waals surface area (Å²) in [4.78, 5) is 37.6. The molecular formula is C17H27N5O2. The quantitative estimate of drug-likeness (QED) is 0.877. The van der Waals surface area contributed by atoms with Gasteiger partial charge in [0.25, 0.3) is 5.56 Å². The average molecular weight is 333 g/mol. The number of aryl methyl sites for hydroxylation is 1. The number of likely N-dealkylation sites (tertiary alicyclic amines) is 1. The first-order chi connectivity index (χ1) is 11.5. The van der Waals surface area contributed by atoms with Crippen LogP contribution in [0.15, 0.2) is 10.9 Å². The molecule has 0 aromatic carbocycles. The lowest BCUT2D eigenvalue weighted by atomic mass is 10.0. The number of amides is 1. The second kappa shape index (κ2) is 7.34. The summed E-state index contributed by atoms with van der Waals surface area (Å²) in [5.41, 5.74) is 0.611. The molecule has 2 aliphatic rings. The fourth-order valence-electron chi connectivity index (χ4n) is 3.58. The van der Waals surface area contributed by atoms with Crippen molar-refractivity contribution in [2.24, 2.45) is 0 Å². The number of rotatable bonds is 3. The molecule has 1 N–H and O–H groups in total. The van der Waals surface area contributed by atoms with Gasteiger partial charge in [0.2, 0.25) is 11.9 Å². The van der Waals surface area contributed by atoms with Gasteiger partial charge in [0.05, 0.1) is 6.54 Å². The van der Waals surface area contributed by atoms with Gasteiger partial charge in [0, 0.05) is 50.5 Å². The molecule has 1 aromatic heterocycles. The number of hydrogen-bond acceptors (Lipinski definition) is 5. The highest BCUT2D eigenvalue weighted by Crippen LogP contribution is 2.17. The number of H-pyrrole nitrogens is 1. The highest BCUT2D eigenvalue weighted by Gasteiger charge is 2.26. The van der Waals surface area contributed by atoms with E-state index < -0.39 is 0 Å². The second-order valence-electron chi connectivity index (χ2n) is 6.91. The van der Waals surface area contributed by atoms with Gasteiger partial charge in [-0.2, -0.15) is 0 Å². The van der Waals surface area contributed by atoms with Gasteiger partial charge in [-0.1, -0.05) is 0 Å². The highest BCUT2D eigenvalue weighted by molar-refractivity contribution is 5.78. The Bertz CT molecular complexity index is 636. The molecule has 24 heavy (non-hydrogen) atoms. The third kappa shape index (κ3) is 3.95. The molecule has 2 saturated heterocycles. The van der Waals surface area contributed by atoms with Crippen LogP contribution in [0.3, 0.4) is 0 Å². The maximum absolute atomic E-state index is 12.5. The van der Waals surface area contributed by atoms with Gasteiger partial charge < -0.3 is 9.80 Å². The molecule has 7 nitrogen and oxygen atoms in total. The van der Waals surface area contributed by atoms with Crippen LogP contribution in [0.25, 0.3) is 0 Å². The van der Waals surface area contributed by atoms with Crippen LogP contribution in [0.2, 0.25) is 0 Å². The van der Waals surface area contributed by atoms with Crippen LogP contribution >= 0.6 is 0 Å². The Morgan fingerprint density at radius 2 is 2.00 bits per heavy atom. The van der Waals surface area contributed by atoms with E-state index in [0.717, 1.165) is 51.3 Å². The number of carbonyl (C=O) groups is 1. The third-order valence-corrected chi connectivity index (χ3v) is 5.01. The van der Waals surface area contributed by atoms with Crippen LogP contribution in [0.4, 0.5) is 5.95 Å². The molecule has 2 aliphatic heterocycles. The highest BCUT2D eigenvalue weighted by atomic mass is 16.2. The maximum Gasteiger partial charge on any atom is 0.252 e. The van der Waals surface area contributed by atoms with Gasteiger partial charge in [-0.3, -0.25) is 19.5 Å². The normalized spacial score (nSPS) is 22.7. The molecule has 3 heterocycles. The van der Waals surface area contributed by atoms with Crippen molar-refractivity contribution >= 4 is 11.9 Å². The molecular weight excluding hydrogens is 306 g/mol. The zero-order chi connectivity index (χ0) is 17.1. The van der Waals surface area contributed by atoms with Crippen molar-refractivity contribution in [2.75, 3.05) is 44.2 Å². The number of anilines is 1. The number of nitrogens with one attached hydrogen (secondary N) is 1. The second-order valence-corrected chi connectivity index (χ2v) is 6.91. The van der Waals surface area contributed by atoms with Crippen LogP contribution in [-0.4, -0.2) is 71.0 Å². The summed E-state index contributed by atoms with van der Waals surface area (Å²) in [6, 6.07) is 1.87. The Hall–Kier alpha value is -1.89. The van der Waals surface area contributed by atoms with E-state index in [4.69, 9.17) is 0 Å². The van der Waals surface area contributed by atoms with Crippen molar-refractivity contribution in [3.05, 3.63) is 22.1 Å². The standard InChI is InChI=1S/C17H27N5O2/c1-13-11-15(23)19-17(18-13)21-9-7-20(8-10-21)12-16(24)22-6-4-3-5-14(22)2/h11,14H,3-10,12H2,1-2H3,(H,18,19,23). The smallest absolute Gasteiger partial charge is 0.252 e. The Labute approximate surface area is 142 Å². The topological polar surface area (TPSA) is 72.5 Å². The van der Waals surface area contributed by atoms with Crippen LogP contribution in [0.1, 0.15) is 31.9 Å². The van der Waals surface area contributed by atoms with E-state index in [-0.39, 0.29) is 11.5 Å². The minimum atomic E-state index is -0.116. The van der Waals surface area contributed by atoms with E-state index >= 15 is 0 Å². The summed E-state index contributed by atoms with van der Waals surface area (Å²) in [7, 11) is 0. The van der Waals surface area contributed by atoms with Crippen molar-refractivity contribution in [1.29, 1.82) is 0 Å². The Morgan fingerprint density at radius 1 is 1.25 bits per heavy atom. The molecule has 0 saturated carbocycles. The first-order valence-corrected chi connectivity index (χ1v) is 8.87. The van der Waals surface area contributed by atoms with E-state index in [0.29, 0.717) is 18.5 Å². The molecule has 0 spiro atoms. The molecule has 0 aliphatic carbocycles. The van der Waals surface area contributed by atoms with Crippen molar-refractivity contribution in [3.63, 3.8) is 0 Å². The van der Waals surface area contributed by atoms with E-state index in [9.17, 15) is 9.59 Å². The van der Waals surface area contributed by atoms with Gasteiger partial charge >= 0.3 is 0 Å². The Morgan fingerprint density at radius 3 is 2.67 bits per heavy atom. The molecule has 7 heteroatoms. The summed E-state index contributed by atoms with van der Waals surface area (Å²) >= 11 is 0. The molecule has 1 aromatic rings. The summed E-state index contributed by atoms with van der Waals surface area (Å²) in [5, 5.41) is 0. The summed E-state index contributed by atoms with van der Waals surface area (Å²) < 4.78 is 0. The molecule has 0 radical (unpaired) electrons.